The van der Waals surface area contributed by atoms with E-state index >= 15 is 0 Å². The maximum Gasteiger partial charge on any atom is 0.354 e. The molecule has 8 aromatic rings. The van der Waals surface area contributed by atoms with Crippen LogP contribution in [0.5, 0.6) is 0 Å². The van der Waals surface area contributed by atoms with Crippen LogP contribution in [-0.4, -0.2) is 93.0 Å². The van der Waals surface area contributed by atoms with Gasteiger partial charge in [0.1, 0.15) is 5.69 Å². The van der Waals surface area contributed by atoms with Crippen molar-refractivity contribution in [2.45, 2.75) is 0 Å². The van der Waals surface area contributed by atoms with Crippen molar-refractivity contribution in [2.24, 2.45) is 5.73 Å². The van der Waals surface area contributed by atoms with Gasteiger partial charge in [-0.2, -0.15) is 10.2 Å². The number of hydrogen-bond acceptors (Lipinski definition) is 13. The van der Waals surface area contributed by atoms with E-state index in [1.165, 1.54) is 6.07 Å². The van der Waals surface area contributed by atoms with E-state index in [2.05, 4.69) is 35.5 Å². The number of benzene rings is 2. The predicted octanol–water partition coefficient (Wildman–Crippen LogP) is 3.49. The molecule has 288 valence electrons. The van der Waals surface area contributed by atoms with Gasteiger partial charge in [-0.15, -0.1) is 0 Å². The standard InChI is InChI=1S/C20H18N6O2.C18H13N5O2.C2H7NO/c21-16-8-15(10-22-12-16)13-4-5-14-11-24-26(18(14)9-13)19-3-1-2-17(25-19)20(28)23-6-7-27;19-14-6-13(8-20-10-14)11-4-5-12-9-21-23(16(12)7-11)17-3-1-2-15(22-17)18(24)25;3-1-2-4/h1-5,8-12,27H,6-7,21H2,(H,23,28);1-10H,19H2,(H,24,25);4H,1-3H2. The number of fused-ring (bicyclic) bond motifs is 2. The molecule has 0 unspecified atom stereocenters. The molecule has 0 radical (unpaired) electrons. The summed E-state index contributed by atoms with van der Waals surface area (Å²) < 4.78 is 3.30. The number of carboxylic acids is 1. The molecule has 0 aliphatic carbocycles. The number of pyridine rings is 4. The highest BCUT2D eigenvalue weighted by Crippen LogP contribution is 2.28. The van der Waals surface area contributed by atoms with Gasteiger partial charge < -0.3 is 37.8 Å². The molecule has 0 bridgehead atoms. The van der Waals surface area contributed by atoms with Crippen LogP contribution in [0.15, 0.2) is 122 Å². The van der Waals surface area contributed by atoms with E-state index in [0.717, 1.165) is 44.1 Å². The first-order valence-electron chi connectivity index (χ1n) is 17.4. The molecule has 2 aromatic carbocycles. The number of aliphatic hydroxyl groups is 2. The summed E-state index contributed by atoms with van der Waals surface area (Å²) in [6, 6.07) is 25.5. The number of carbonyl (C=O) groups is 2. The monoisotopic (exact) mass is 766 g/mol. The quantitative estimate of drug-likeness (QED) is 0.111. The van der Waals surface area contributed by atoms with Gasteiger partial charge >= 0.3 is 5.97 Å². The summed E-state index contributed by atoms with van der Waals surface area (Å²) in [6.45, 7) is 0.518. The number of nitrogen functional groups attached to an aromatic ring is 2. The summed E-state index contributed by atoms with van der Waals surface area (Å²) in [4.78, 5) is 40.1. The molecule has 0 aliphatic heterocycles. The molecule has 6 aromatic heterocycles. The predicted molar refractivity (Wildman–Crippen MR) is 216 cm³/mol. The van der Waals surface area contributed by atoms with Crippen LogP contribution in [0, 0.1) is 0 Å². The van der Waals surface area contributed by atoms with Crippen molar-refractivity contribution in [3.8, 4) is 33.9 Å². The first kappa shape index (κ1) is 39.1. The Morgan fingerprint density at radius 1 is 0.614 bits per heavy atom. The van der Waals surface area contributed by atoms with Gasteiger partial charge in [0, 0.05) is 59.8 Å². The van der Waals surface area contributed by atoms with Gasteiger partial charge in [-0.1, -0.05) is 36.4 Å². The largest absolute Gasteiger partial charge is 0.477 e. The molecule has 0 saturated heterocycles. The minimum atomic E-state index is -1.08. The zero-order valence-electron chi connectivity index (χ0n) is 30.3. The number of rotatable bonds is 9. The van der Waals surface area contributed by atoms with Crippen molar-refractivity contribution in [3.05, 3.63) is 133 Å². The van der Waals surface area contributed by atoms with Gasteiger partial charge in [0.2, 0.25) is 0 Å². The van der Waals surface area contributed by atoms with Gasteiger partial charge in [-0.3, -0.25) is 14.8 Å². The van der Waals surface area contributed by atoms with Gasteiger partial charge in [-0.25, -0.2) is 24.1 Å². The second kappa shape index (κ2) is 18.2. The van der Waals surface area contributed by atoms with Crippen LogP contribution < -0.4 is 22.5 Å². The van der Waals surface area contributed by atoms with Gasteiger partial charge in [0.05, 0.1) is 48.0 Å². The number of aromatic carboxylic acids is 1. The molecular weight excluding hydrogens is 729 g/mol. The zero-order valence-corrected chi connectivity index (χ0v) is 30.3. The third-order valence-corrected chi connectivity index (χ3v) is 8.21. The Kier molecular flexibility index (Phi) is 12.5. The number of hydrogen-bond donors (Lipinski definition) is 7. The van der Waals surface area contributed by atoms with E-state index in [9.17, 15) is 9.59 Å². The number of aliphatic hydroxyl groups excluding tert-OH is 2. The average Bonchev–Trinajstić information content (AvgIpc) is 3.87. The van der Waals surface area contributed by atoms with E-state index < -0.39 is 5.97 Å². The Balaban J connectivity index is 0.000000177. The fraction of sp³-hybridized carbons (Fsp3) is 0.100. The van der Waals surface area contributed by atoms with Crippen LogP contribution in [0.4, 0.5) is 11.4 Å². The summed E-state index contributed by atoms with van der Waals surface area (Å²) in [6.07, 6.45) is 10.1. The minimum Gasteiger partial charge on any atom is -0.477 e. The van der Waals surface area contributed by atoms with Crippen LogP contribution in [0.3, 0.4) is 0 Å². The molecule has 8 rings (SSSR count). The maximum absolute atomic E-state index is 12.1. The van der Waals surface area contributed by atoms with E-state index in [-0.39, 0.29) is 37.1 Å². The first-order chi connectivity index (χ1) is 27.7. The lowest BCUT2D eigenvalue weighted by Gasteiger charge is -2.07. The second-order valence-electron chi connectivity index (χ2n) is 12.2. The number of amides is 1. The Morgan fingerprint density at radius 2 is 1.11 bits per heavy atom. The molecular formula is C40H38N12O5. The molecule has 0 atom stereocenters. The van der Waals surface area contributed by atoms with Crippen LogP contribution in [0.2, 0.25) is 0 Å². The average molecular weight is 767 g/mol. The van der Waals surface area contributed by atoms with Crippen LogP contribution in [-0.2, 0) is 0 Å². The van der Waals surface area contributed by atoms with E-state index in [1.54, 1.807) is 76.9 Å². The summed E-state index contributed by atoms with van der Waals surface area (Å²) in [7, 11) is 0. The number of anilines is 2. The highest BCUT2D eigenvalue weighted by Gasteiger charge is 2.13. The van der Waals surface area contributed by atoms with Gasteiger partial charge in [0.25, 0.3) is 5.91 Å². The van der Waals surface area contributed by atoms with Crippen molar-refractivity contribution < 1.29 is 24.9 Å². The Hall–Kier alpha value is -7.60. The van der Waals surface area contributed by atoms with Crippen LogP contribution in [0.25, 0.3) is 55.7 Å². The topological polar surface area (TPSA) is 272 Å². The number of aromatic nitrogens is 8. The van der Waals surface area contributed by atoms with Gasteiger partial charge in [-0.05, 0) is 59.7 Å². The van der Waals surface area contributed by atoms with E-state index in [0.29, 0.717) is 29.6 Å². The summed E-state index contributed by atoms with van der Waals surface area (Å²) in [5.41, 5.74) is 23.2. The highest BCUT2D eigenvalue weighted by molar-refractivity contribution is 5.93. The van der Waals surface area contributed by atoms with Crippen LogP contribution >= 0.6 is 0 Å². The molecule has 10 N–H and O–H groups in total. The fourth-order valence-corrected chi connectivity index (χ4v) is 5.58. The van der Waals surface area contributed by atoms with Crippen molar-refractivity contribution >= 4 is 45.1 Å². The molecule has 0 spiro atoms. The SMILES string of the molecule is NCCO.Nc1cncc(-c2ccc3cnn(-c4cccc(C(=O)NCCO)n4)c3c2)c1.Nc1cncc(-c2ccc3cnn(-c4cccc(C(=O)O)n4)c3c2)c1. The van der Waals surface area contributed by atoms with E-state index in [1.807, 2.05) is 48.5 Å². The second-order valence-corrected chi connectivity index (χ2v) is 12.2. The third kappa shape index (κ3) is 9.38. The summed E-state index contributed by atoms with van der Waals surface area (Å²) in [5.74, 6) is -0.462. The molecule has 0 fully saturated rings. The molecule has 17 heteroatoms. The Bertz CT molecular complexity index is 2660. The number of nitrogens with one attached hydrogen (secondary N) is 1. The summed E-state index contributed by atoms with van der Waals surface area (Å²) in [5, 5.41) is 39.0. The number of nitrogens with two attached hydrogens (primary N) is 3. The zero-order chi connectivity index (χ0) is 40.3. The first-order valence-corrected chi connectivity index (χ1v) is 17.4. The minimum absolute atomic E-state index is 0.0302. The highest BCUT2D eigenvalue weighted by atomic mass is 16.4. The molecule has 0 saturated carbocycles. The third-order valence-electron chi connectivity index (χ3n) is 8.21. The fourth-order valence-electron chi connectivity index (χ4n) is 5.58. The van der Waals surface area contributed by atoms with Crippen molar-refractivity contribution in [1.82, 2.24) is 44.8 Å². The molecule has 6 heterocycles. The Labute approximate surface area is 325 Å². The normalized spacial score (nSPS) is 10.6. The van der Waals surface area contributed by atoms with Crippen molar-refractivity contribution in [1.29, 1.82) is 0 Å². The molecule has 57 heavy (non-hydrogen) atoms. The van der Waals surface area contributed by atoms with E-state index in [4.69, 9.17) is 32.5 Å². The lowest BCUT2D eigenvalue weighted by molar-refractivity contribution is 0.0690. The number of nitrogens with zero attached hydrogens (tertiary/aromatic N) is 8. The molecule has 1 amide bonds. The lowest BCUT2D eigenvalue weighted by atomic mass is 10.1. The number of carboxylic acid groups (broad SMARTS) is 1. The van der Waals surface area contributed by atoms with Gasteiger partial charge in [0.15, 0.2) is 17.3 Å². The number of carbonyl (C=O) groups excluding carboxylic acids is 1. The smallest absolute Gasteiger partial charge is 0.354 e. The Morgan fingerprint density at radius 3 is 1.56 bits per heavy atom. The lowest BCUT2D eigenvalue weighted by Crippen LogP contribution is -2.27. The maximum atomic E-state index is 12.1. The van der Waals surface area contributed by atoms with Crippen molar-refractivity contribution in [2.75, 3.05) is 37.8 Å². The molecule has 17 nitrogen and oxygen atoms in total. The van der Waals surface area contributed by atoms with Crippen molar-refractivity contribution in [3.63, 3.8) is 0 Å². The van der Waals surface area contributed by atoms with Crippen LogP contribution in [0.1, 0.15) is 21.0 Å². The molecule has 0 aliphatic rings. The summed E-state index contributed by atoms with van der Waals surface area (Å²) >= 11 is 0.